The second-order valence-corrected chi connectivity index (χ2v) is 13.1. The number of carbonyl (C=O) groups excluding carboxylic acids is 2. The normalized spacial score (nSPS) is 22.0. The number of aromatic hydroxyl groups is 1. The minimum Gasteiger partial charge on any atom is -0.507 e. The Hall–Kier alpha value is -5.09. The molecule has 4 aliphatic rings. The smallest absolute Gasteiger partial charge is 0.234 e. The van der Waals surface area contributed by atoms with Crippen molar-refractivity contribution in [1.82, 2.24) is 10.2 Å². The lowest BCUT2D eigenvalue weighted by molar-refractivity contribution is -0.134. The van der Waals surface area contributed by atoms with Crippen LogP contribution in [-0.2, 0) is 9.59 Å². The Morgan fingerprint density at radius 2 is 1.50 bits per heavy atom. The molecule has 4 heterocycles. The highest BCUT2D eigenvalue weighted by atomic mass is 16.3. The lowest BCUT2D eigenvalue weighted by Gasteiger charge is -2.42. The maximum atomic E-state index is 12.3. The van der Waals surface area contributed by atoms with Crippen molar-refractivity contribution in [2.75, 3.05) is 36.0 Å². The first-order valence-corrected chi connectivity index (χ1v) is 16.9. The zero-order valence-corrected chi connectivity index (χ0v) is 26.9. The number of phenols is 1. The van der Waals surface area contributed by atoms with Gasteiger partial charge < -0.3 is 20.3 Å². The number of nitrogens with zero attached hydrogens (tertiary/aromatic N) is 4. The number of para-hydroxylation sites is 1. The number of hydrogen-bond acceptors (Lipinski definition) is 8. The van der Waals surface area contributed by atoms with Gasteiger partial charge in [0.25, 0.3) is 0 Å². The molecule has 0 aliphatic carbocycles. The van der Waals surface area contributed by atoms with E-state index >= 15 is 0 Å². The van der Waals surface area contributed by atoms with Crippen LogP contribution in [0.4, 0.5) is 11.4 Å². The second-order valence-electron chi connectivity index (χ2n) is 13.1. The lowest BCUT2D eigenvalue weighted by atomic mass is 9.87. The maximum absolute atomic E-state index is 12.3. The van der Waals surface area contributed by atoms with E-state index in [2.05, 4.69) is 56.5 Å². The Bertz CT molecular complexity index is 1770. The number of amides is 2. The summed E-state index contributed by atoms with van der Waals surface area (Å²) in [6.45, 7) is 4.22. The molecule has 10 heteroatoms. The largest absolute Gasteiger partial charge is 0.507 e. The van der Waals surface area contributed by atoms with E-state index < -0.39 is 0 Å². The van der Waals surface area contributed by atoms with E-state index in [1.165, 1.54) is 11.3 Å². The van der Waals surface area contributed by atoms with Gasteiger partial charge in [0.1, 0.15) is 12.1 Å². The van der Waals surface area contributed by atoms with Gasteiger partial charge in [0.15, 0.2) is 5.84 Å². The molecule has 10 nitrogen and oxygen atoms in total. The molecule has 3 aromatic carbocycles. The molecular formula is C38H41N7O3. The van der Waals surface area contributed by atoms with Crippen LogP contribution in [0.1, 0.15) is 67.1 Å². The molecule has 48 heavy (non-hydrogen) atoms. The van der Waals surface area contributed by atoms with Crippen molar-refractivity contribution in [3.8, 4) is 5.75 Å². The monoisotopic (exact) mass is 643 g/mol. The molecular weight excluding hydrogens is 602 g/mol. The van der Waals surface area contributed by atoms with Gasteiger partial charge in [-0.15, -0.1) is 0 Å². The summed E-state index contributed by atoms with van der Waals surface area (Å²) in [5, 5.41) is 29.4. The number of amidine groups is 1. The summed E-state index contributed by atoms with van der Waals surface area (Å²) in [5.74, 6) is 0.0144. The van der Waals surface area contributed by atoms with Crippen molar-refractivity contribution in [2.24, 2.45) is 4.99 Å². The highest BCUT2D eigenvalue weighted by molar-refractivity contribution is 6.20. The zero-order valence-electron chi connectivity index (χ0n) is 26.9. The summed E-state index contributed by atoms with van der Waals surface area (Å²) in [6, 6.07) is 24.2. The second kappa shape index (κ2) is 13.6. The first-order chi connectivity index (χ1) is 23.3. The molecule has 0 saturated carbocycles. The van der Waals surface area contributed by atoms with Crippen molar-refractivity contribution >= 4 is 41.1 Å². The highest BCUT2D eigenvalue weighted by Gasteiger charge is 2.31. The van der Waals surface area contributed by atoms with E-state index in [0.29, 0.717) is 36.1 Å². The topological polar surface area (TPSA) is 136 Å². The molecule has 0 spiro atoms. The summed E-state index contributed by atoms with van der Waals surface area (Å²) in [6.07, 6.45) is 8.69. The number of phenolic OH excluding ortho intramolecular Hbond substituents is 1. The number of nitrogens with one attached hydrogen (secondary N) is 3. The molecule has 4 aliphatic heterocycles. The Morgan fingerprint density at radius 1 is 0.833 bits per heavy atom. The van der Waals surface area contributed by atoms with Gasteiger partial charge in [-0.05, 0) is 105 Å². The molecule has 3 fully saturated rings. The molecule has 3 aromatic rings. The molecule has 0 bridgehead atoms. The van der Waals surface area contributed by atoms with Crippen LogP contribution in [0.2, 0.25) is 0 Å². The number of rotatable bonds is 7. The van der Waals surface area contributed by atoms with Crippen LogP contribution < -0.4 is 15.1 Å². The van der Waals surface area contributed by atoms with Crippen molar-refractivity contribution in [3.63, 3.8) is 0 Å². The Kier molecular flexibility index (Phi) is 8.90. The van der Waals surface area contributed by atoms with Gasteiger partial charge in [-0.2, -0.15) is 0 Å². The van der Waals surface area contributed by atoms with Crippen LogP contribution in [0.3, 0.4) is 0 Å². The van der Waals surface area contributed by atoms with Gasteiger partial charge in [0, 0.05) is 42.5 Å². The Morgan fingerprint density at radius 3 is 2.19 bits per heavy atom. The summed E-state index contributed by atoms with van der Waals surface area (Å²) in [4.78, 5) is 34.9. The fraction of sp³-hybridized carbons (Fsp3) is 0.342. The number of benzene rings is 3. The fourth-order valence-electron chi connectivity index (χ4n) is 7.54. The summed E-state index contributed by atoms with van der Waals surface area (Å²) in [5.41, 5.74) is 5.42. The molecule has 7 rings (SSSR count). The number of aliphatic imine (C=N–C) groups is 1. The number of likely N-dealkylation sites (tertiary alicyclic amines) is 1. The minimum absolute atomic E-state index is 0.0351. The van der Waals surface area contributed by atoms with Gasteiger partial charge >= 0.3 is 0 Å². The summed E-state index contributed by atoms with van der Waals surface area (Å²) < 4.78 is 0. The van der Waals surface area contributed by atoms with Crippen LogP contribution in [0.25, 0.3) is 0 Å². The minimum atomic E-state index is -0.244. The van der Waals surface area contributed by atoms with E-state index in [4.69, 9.17) is 10.8 Å². The molecule has 246 valence electrons. The molecule has 0 aromatic heterocycles. The number of piperidine rings is 3. The molecule has 1 unspecified atom stereocenters. The van der Waals surface area contributed by atoms with E-state index in [-0.39, 0.29) is 35.0 Å². The van der Waals surface area contributed by atoms with Crippen LogP contribution >= 0.6 is 0 Å². The van der Waals surface area contributed by atoms with E-state index in [1.54, 1.807) is 36.7 Å². The van der Waals surface area contributed by atoms with Crippen molar-refractivity contribution in [3.05, 3.63) is 101 Å². The first kappa shape index (κ1) is 31.5. The molecule has 2 amide bonds. The average molecular weight is 644 g/mol. The van der Waals surface area contributed by atoms with Crippen molar-refractivity contribution < 1.29 is 14.7 Å². The molecule has 0 radical (unpaired) electrons. The number of carbonyl (C=O) groups is 2. The quantitative estimate of drug-likeness (QED) is 0.197. The number of imide groups is 1. The van der Waals surface area contributed by atoms with Crippen LogP contribution in [0, 0.1) is 10.8 Å². The molecule has 3 saturated heterocycles. The third-order valence-corrected chi connectivity index (χ3v) is 10.3. The fourth-order valence-corrected chi connectivity index (χ4v) is 7.54. The zero-order chi connectivity index (χ0) is 33.2. The average Bonchev–Trinajstić information content (AvgIpc) is 3.48. The Labute approximate surface area is 280 Å². The Balaban J connectivity index is 0.906. The van der Waals surface area contributed by atoms with Crippen LogP contribution in [0.15, 0.2) is 89.6 Å². The van der Waals surface area contributed by atoms with Crippen LogP contribution in [-0.4, -0.2) is 71.9 Å². The van der Waals surface area contributed by atoms with Gasteiger partial charge in [0.2, 0.25) is 11.8 Å². The lowest BCUT2D eigenvalue weighted by Crippen LogP contribution is -2.47. The predicted octanol–water partition coefficient (Wildman–Crippen LogP) is 5.54. The van der Waals surface area contributed by atoms with E-state index in [9.17, 15) is 14.7 Å². The summed E-state index contributed by atoms with van der Waals surface area (Å²) >= 11 is 0. The maximum Gasteiger partial charge on any atom is 0.234 e. The third kappa shape index (κ3) is 6.53. The standard InChI is InChI=1S/C38H41N7O3/c39-33(32-3-1-2-4-35(32)46)23-34-37(40)41-24-45(34)30-11-5-25(6-12-30)26-15-19-43(20-16-26)29-17-21-44(22-18-29)28-9-7-27(8-10-28)31-13-14-36(47)42-38(31)48/h1-12,23-24,26,29,31,39-40,46H,13-22H2,(H,42,47,48)/b34-23+,39-33?,40-37?. The number of allylic oxidation sites excluding steroid dienone is 1. The van der Waals surface area contributed by atoms with E-state index in [1.807, 2.05) is 17.0 Å². The van der Waals surface area contributed by atoms with Crippen molar-refractivity contribution in [2.45, 2.75) is 56.4 Å². The molecule has 1 atom stereocenters. The van der Waals surface area contributed by atoms with Gasteiger partial charge in [0.05, 0.1) is 17.3 Å². The third-order valence-electron chi connectivity index (χ3n) is 10.3. The van der Waals surface area contributed by atoms with Crippen molar-refractivity contribution in [1.29, 1.82) is 10.8 Å². The number of anilines is 2. The molecule has 4 N–H and O–H groups in total. The van der Waals surface area contributed by atoms with Gasteiger partial charge in [-0.25, -0.2) is 4.99 Å². The first-order valence-electron chi connectivity index (χ1n) is 16.9. The van der Waals surface area contributed by atoms with E-state index in [0.717, 1.165) is 63.1 Å². The van der Waals surface area contributed by atoms with Gasteiger partial charge in [-0.1, -0.05) is 36.4 Å². The van der Waals surface area contributed by atoms with Crippen LogP contribution in [0.5, 0.6) is 5.75 Å². The highest BCUT2D eigenvalue weighted by Crippen LogP contribution is 2.34. The predicted molar refractivity (Wildman–Crippen MR) is 189 cm³/mol. The summed E-state index contributed by atoms with van der Waals surface area (Å²) in [7, 11) is 0. The number of hydrogen-bond donors (Lipinski definition) is 4. The van der Waals surface area contributed by atoms with Gasteiger partial charge in [-0.3, -0.25) is 25.2 Å². The SMILES string of the molecule is N=C1N=CN(c2ccc(C3CCN(C4CCN(c5ccc(C6CCC(=O)NC6=O)cc5)CC4)CC3)cc2)/C1=C/C(=N)c1ccccc1O.